The highest BCUT2D eigenvalue weighted by atomic mass is 19.4. The molecule has 0 aliphatic rings. The second-order valence-electron chi connectivity index (χ2n) is 5.12. The molecule has 2 aromatic rings. The number of halogens is 3. The number of amides is 1. The van der Waals surface area contributed by atoms with Crippen LogP contribution in [0.4, 0.5) is 18.9 Å². The lowest BCUT2D eigenvalue weighted by Gasteiger charge is -2.09. The van der Waals surface area contributed by atoms with E-state index in [4.69, 9.17) is 5.11 Å². The molecule has 1 amide bonds. The minimum atomic E-state index is -4.23. The lowest BCUT2D eigenvalue weighted by molar-refractivity contribution is -0.134. The van der Waals surface area contributed by atoms with Gasteiger partial charge in [-0.3, -0.25) is 4.79 Å². The van der Waals surface area contributed by atoms with Crippen LogP contribution in [0.3, 0.4) is 0 Å². The summed E-state index contributed by atoms with van der Waals surface area (Å²) in [7, 11) is 0. The molecular formula is C17H14F3NO3. The molecule has 0 radical (unpaired) electrons. The molecular weight excluding hydrogens is 323 g/mol. The fraction of sp³-hybridized carbons (Fsp3) is 0.176. The van der Waals surface area contributed by atoms with E-state index in [9.17, 15) is 22.8 Å². The van der Waals surface area contributed by atoms with Gasteiger partial charge in [-0.05, 0) is 36.2 Å². The summed E-state index contributed by atoms with van der Waals surface area (Å²) in [4.78, 5) is 23.2. The summed E-state index contributed by atoms with van der Waals surface area (Å²) in [6.07, 6.45) is -5.31. The zero-order valence-electron chi connectivity index (χ0n) is 12.4. The van der Waals surface area contributed by atoms with Crippen molar-refractivity contribution in [2.75, 3.05) is 5.32 Å². The third-order valence-electron chi connectivity index (χ3n) is 3.32. The molecule has 2 aromatic carbocycles. The number of carboxylic acids is 1. The first-order valence-electron chi connectivity index (χ1n) is 7.05. The molecule has 7 heteroatoms. The zero-order chi connectivity index (χ0) is 17.7. The standard InChI is InChI=1S/C17H14F3NO3/c18-17(19,20)10-9-11-5-7-12(8-6-11)15(22)21-14-4-2-1-3-13(14)16(23)24/h1-8H,9-10H2,(H,21,22)(H,23,24). The Morgan fingerprint density at radius 2 is 1.62 bits per heavy atom. The van der Waals surface area contributed by atoms with E-state index in [0.717, 1.165) is 0 Å². The van der Waals surface area contributed by atoms with Gasteiger partial charge in [-0.25, -0.2) is 4.79 Å². The van der Waals surface area contributed by atoms with Crippen LogP contribution in [0, 0.1) is 0 Å². The number of benzene rings is 2. The van der Waals surface area contributed by atoms with Crippen molar-refractivity contribution in [3.8, 4) is 0 Å². The Morgan fingerprint density at radius 1 is 1.00 bits per heavy atom. The fourth-order valence-corrected chi connectivity index (χ4v) is 2.08. The molecule has 0 saturated heterocycles. The van der Waals surface area contributed by atoms with Gasteiger partial charge in [0.15, 0.2) is 0 Å². The Labute approximate surface area is 135 Å². The molecule has 0 spiro atoms. The van der Waals surface area contributed by atoms with Gasteiger partial charge in [0.25, 0.3) is 5.91 Å². The number of aromatic carboxylic acids is 1. The van der Waals surface area contributed by atoms with E-state index in [2.05, 4.69) is 5.32 Å². The molecule has 0 bridgehead atoms. The second kappa shape index (κ2) is 7.16. The van der Waals surface area contributed by atoms with Crippen molar-refractivity contribution in [1.82, 2.24) is 0 Å². The Bertz CT molecular complexity index is 739. The van der Waals surface area contributed by atoms with Crippen LogP contribution < -0.4 is 5.32 Å². The van der Waals surface area contributed by atoms with Crippen molar-refractivity contribution < 1.29 is 27.9 Å². The largest absolute Gasteiger partial charge is 0.478 e. The summed E-state index contributed by atoms with van der Waals surface area (Å²) in [6, 6.07) is 11.6. The third kappa shape index (κ3) is 4.84. The van der Waals surface area contributed by atoms with Crippen LogP contribution >= 0.6 is 0 Å². The maximum absolute atomic E-state index is 12.2. The van der Waals surface area contributed by atoms with Gasteiger partial charge in [-0.1, -0.05) is 24.3 Å². The first-order valence-corrected chi connectivity index (χ1v) is 7.05. The predicted molar refractivity (Wildman–Crippen MR) is 82.2 cm³/mol. The lowest BCUT2D eigenvalue weighted by atomic mass is 10.1. The fourth-order valence-electron chi connectivity index (χ4n) is 2.08. The number of carbonyl (C=O) groups is 2. The van der Waals surface area contributed by atoms with E-state index in [1.54, 1.807) is 6.07 Å². The molecule has 126 valence electrons. The quantitative estimate of drug-likeness (QED) is 0.862. The van der Waals surface area contributed by atoms with Gasteiger partial charge in [-0.15, -0.1) is 0 Å². The summed E-state index contributed by atoms with van der Waals surface area (Å²) in [5.41, 5.74) is 0.796. The Balaban J connectivity index is 2.07. The molecule has 24 heavy (non-hydrogen) atoms. The average Bonchev–Trinajstić information content (AvgIpc) is 2.53. The van der Waals surface area contributed by atoms with Crippen molar-refractivity contribution in [3.05, 3.63) is 65.2 Å². The van der Waals surface area contributed by atoms with E-state index < -0.39 is 24.5 Å². The Morgan fingerprint density at radius 3 is 2.21 bits per heavy atom. The highest BCUT2D eigenvalue weighted by molar-refractivity contribution is 6.07. The number of alkyl halides is 3. The van der Waals surface area contributed by atoms with E-state index >= 15 is 0 Å². The molecule has 0 aromatic heterocycles. The number of hydrogen-bond donors (Lipinski definition) is 2. The monoisotopic (exact) mass is 337 g/mol. The number of nitrogens with one attached hydrogen (secondary N) is 1. The first-order chi connectivity index (χ1) is 11.3. The number of anilines is 1. The number of para-hydroxylation sites is 1. The average molecular weight is 337 g/mol. The van der Waals surface area contributed by atoms with Crippen LogP contribution in [0.15, 0.2) is 48.5 Å². The number of carboxylic acid groups (broad SMARTS) is 1. The van der Waals surface area contributed by atoms with Gasteiger partial charge in [0.05, 0.1) is 11.3 Å². The molecule has 0 aliphatic carbocycles. The molecule has 0 saturated carbocycles. The zero-order valence-corrected chi connectivity index (χ0v) is 12.4. The summed E-state index contributed by atoms with van der Waals surface area (Å²) in [5, 5.41) is 11.6. The molecule has 0 heterocycles. The number of hydrogen-bond acceptors (Lipinski definition) is 2. The number of aryl methyl sites for hydroxylation is 1. The first kappa shape index (κ1) is 17.5. The van der Waals surface area contributed by atoms with Gasteiger partial charge in [0, 0.05) is 12.0 Å². The van der Waals surface area contributed by atoms with Crippen LogP contribution in [-0.2, 0) is 6.42 Å². The number of rotatable bonds is 5. The molecule has 0 atom stereocenters. The summed E-state index contributed by atoms with van der Waals surface area (Å²) in [6.45, 7) is 0. The summed E-state index contributed by atoms with van der Waals surface area (Å²) in [5.74, 6) is -1.71. The Hall–Kier alpha value is -2.83. The van der Waals surface area contributed by atoms with E-state index in [-0.39, 0.29) is 23.2 Å². The smallest absolute Gasteiger partial charge is 0.389 e. The molecule has 2 N–H and O–H groups in total. The molecule has 0 fully saturated rings. The topological polar surface area (TPSA) is 66.4 Å². The lowest BCUT2D eigenvalue weighted by Crippen LogP contribution is -2.15. The van der Waals surface area contributed by atoms with E-state index in [1.807, 2.05) is 0 Å². The van der Waals surface area contributed by atoms with Crippen molar-refractivity contribution in [2.45, 2.75) is 19.0 Å². The second-order valence-corrected chi connectivity index (χ2v) is 5.12. The molecule has 0 aliphatic heterocycles. The van der Waals surface area contributed by atoms with Gasteiger partial charge in [-0.2, -0.15) is 13.2 Å². The maximum atomic E-state index is 12.2. The van der Waals surface area contributed by atoms with Gasteiger partial charge in [0.2, 0.25) is 0 Å². The molecule has 4 nitrogen and oxygen atoms in total. The minimum absolute atomic E-state index is 0.0485. The van der Waals surface area contributed by atoms with E-state index in [1.165, 1.54) is 42.5 Å². The van der Waals surface area contributed by atoms with Crippen LogP contribution in [0.1, 0.15) is 32.7 Å². The highest BCUT2D eigenvalue weighted by Crippen LogP contribution is 2.22. The van der Waals surface area contributed by atoms with Gasteiger partial charge < -0.3 is 10.4 Å². The van der Waals surface area contributed by atoms with E-state index in [0.29, 0.717) is 5.56 Å². The van der Waals surface area contributed by atoms with Crippen LogP contribution in [0.25, 0.3) is 0 Å². The predicted octanol–water partition coefficient (Wildman–Crippen LogP) is 4.13. The van der Waals surface area contributed by atoms with Gasteiger partial charge in [0.1, 0.15) is 0 Å². The van der Waals surface area contributed by atoms with Crippen molar-refractivity contribution in [2.24, 2.45) is 0 Å². The third-order valence-corrected chi connectivity index (χ3v) is 3.32. The normalized spacial score (nSPS) is 11.1. The van der Waals surface area contributed by atoms with Crippen LogP contribution in [-0.4, -0.2) is 23.2 Å². The Kier molecular flexibility index (Phi) is 5.23. The van der Waals surface area contributed by atoms with Crippen LogP contribution in [0.5, 0.6) is 0 Å². The minimum Gasteiger partial charge on any atom is -0.478 e. The molecule has 2 rings (SSSR count). The maximum Gasteiger partial charge on any atom is 0.389 e. The van der Waals surface area contributed by atoms with Gasteiger partial charge >= 0.3 is 12.1 Å². The molecule has 0 unspecified atom stereocenters. The van der Waals surface area contributed by atoms with Crippen molar-refractivity contribution >= 4 is 17.6 Å². The summed E-state index contributed by atoms with van der Waals surface area (Å²) >= 11 is 0. The summed E-state index contributed by atoms with van der Waals surface area (Å²) < 4.78 is 36.5. The highest BCUT2D eigenvalue weighted by Gasteiger charge is 2.26. The van der Waals surface area contributed by atoms with Crippen LogP contribution in [0.2, 0.25) is 0 Å². The van der Waals surface area contributed by atoms with Crippen molar-refractivity contribution in [1.29, 1.82) is 0 Å². The van der Waals surface area contributed by atoms with Crippen molar-refractivity contribution in [3.63, 3.8) is 0 Å². The number of carbonyl (C=O) groups excluding carboxylic acids is 1. The SMILES string of the molecule is O=C(Nc1ccccc1C(=O)O)c1ccc(CCC(F)(F)F)cc1.